The molecule has 22 heavy (non-hydrogen) atoms. The largest absolute Gasteiger partial charge is 0.463 e. The molecule has 0 N–H and O–H groups in total. The van der Waals surface area contributed by atoms with Gasteiger partial charge in [-0.15, -0.1) is 11.3 Å². The van der Waals surface area contributed by atoms with Gasteiger partial charge in [0.1, 0.15) is 0 Å². The maximum atomic E-state index is 11.6. The number of rotatable bonds is 3. The molecule has 0 saturated carbocycles. The summed E-state index contributed by atoms with van der Waals surface area (Å²) in [7, 11) is 2.11. The first-order valence-corrected chi connectivity index (χ1v) is 8.55. The van der Waals surface area contributed by atoms with Gasteiger partial charge in [0.05, 0.1) is 6.61 Å². The number of ether oxygens (including phenoxy) is 1. The van der Waals surface area contributed by atoms with Crippen LogP contribution in [0.4, 0.5) is 0 Å². The lowest BCUT2D eigenvalue weighted by atomic mass is 10.0. The fraction of sp³-hybridized carbons (Fsp3) is 0.353. The summed E-state index contributed by atoms with van der Waals surface area (Å²) in [6, 6.07) is 4.05. The summed E-state index contributed by atoms with van der Waals surface area (Å²) in [4.78, 5) is 15.0. The molecular weight excluding hydrogens is 318 g/mol. The van der Waals surface area contributed by atoms with Crippen molar-refractivity contribution in [1.29, 1.82) is 0 Å². The van der Waals surface area contributed by atoms with Crippen molar-refractivity contribution < 1.29 is 9.53 Å². The summed E-state index contributed by atoms with van der Waals surface area (Å²) in [5.74, 6) is -0.299. The van der Waals surface area contributed by atoms with Gasteiger partial charge >= 0.3 is 5.97 Å². The Hall–Kier alpha value is -1.36. The Morgan fingerprint density at radius 2 is 2.27 bits per heavy atom. The van der Waals surface area contributed by atoms with E-state index in [0.717, 1.165) is 29.4 Å². The molecule has 0 unspecified atom stereocenters. The van der Waals surface area contributed by atoms with Gasteiger partial charge in [-0.1, -0.05) is 11.6 Å². The van der Waals surface area contributed by atoms with Gasteiger partial charge < -0.3 is 9.64 Å². The van der Waals surface area contributed by atoms with E-state index in [9.17, 15) is 4.79 Å². The van der Waals surface area contributed by atoms with Gasteiger partial charge in [-0.25, -0.2) is 4.79 Å². The van der Waals surface area contributed by atoms with Crippen molar-refractivity contribution in [3.8, 4) is 0 Å². The van der Waals surface area contributed by atoms with Crippen LogP contribution in [-0.2, 0) is 22.5 Å². The van der Waals surface area contributed by atoms with E-state index in [1.54, 1.807) is 11.3 Å². The smallest absolute Gasteiger partial charge is 0.330 e. The third-order valence-electron chi connectivity index (χ3n) is 3.87. The average Bonchev–Trinajstić information content (AvgIpc) is 2.71. The number of carbonyl (C=O) groups is 1. The molecule has 0 fully saturated rings. The van der Waals surface area contributed by atoms with Crippen molar-refractivity contribution >= 4 is 45.1 Å². The molecule has 3 nitrogen and oxygen atoms in total. The fourth-order valence-corrected chi connectivity index (χ4v) is 4.24. The van der Waals surface area contributed by atoms with Crippen LogP contribution in [0.15, 0.2) is 18.2 Å². The van der Waals surface area contributed by atoms with Crippen LogP contribution in [0, 0.1) is 0 Å². The molecule has 116 valence electrons. The summed E-state index contributed by atoms with van der Waals surface area (Å²) in [6.45, 7) is 4.06. The fourth-order valence-electron chi connectivity index (χ4n) is 2.84. The van der Waals surface area contributed by atoms with Gasteiger partial charge in [-0.05, 0) is 49.7 Å². The summed E-state index contributed by atoms with van der Waals surface area (Å²) in [5, 5.41) is 2.10. The van der Waals surface area contributed by atoms with Crippen LogP contribution in [0.5, 0.6) is 0 Å². The van der Waals surface area contributed by atoms with Gasteiger partial charge in [-0.3, -0.25) is 0 Å². The quantitative estimate of drug-likeness (QED) is 0.624. The van der Waals surface area contributed by atoms with E-state index in [0.29, 0.717) is 6.61 Å². The Labute approximate surface area is 139 Å². The predicted molar refractivity (Wildman–Crippen MR) is 92.5 cm³/mol. The number of benzene rings is 1. The first-order chi connectivity index (χ1) is 10.6. The van der Waals surface area contributed by atoms with Gasteiger partial charge in [0.15, 0.2) is 0 Å². The summed E-state index contributed by atoms with van der Waals surface area (Å²) in [5.41, 5.74) is 2.49. The third-order valence-corrected chi connectivity index (χ3v) is 5.38. The number of likely N-dealkylation sites (N-methyl/N-ethyl adjacent to an activating group) is 1. The number of thiophene rings is 1. The Balaban J connectivity index is 2.10. The summed E-state index contributed by atoms with van der Waals surface area (Å²) >= 11 is 8.10. The maximum Gasteiger partial charge on any atom is 0.330 e. The van der Waals surface area contributed by atoms with E-state index in [-0.39, 0.29) is 5.97 Å². The monoisotopic (exact) mass is 335 g/mol. The van der Waals surface area contributed by atoms with Crippen LogP contribution in [-0.4, -0.2) is 31.1 Å². The highest BCUT2D eigenvalue weighted by Crippen LogP contribution is 2.39. The van der Waals surface area contributed by atoms with E-state index in [4.69, 9.17) is 16.3 Å². The number of nitrogens with zero attached hydrogens (tertiary/aromatic N) is 1. The minimum absolute atomic E-state index is 0.299. The van der Waals surface area contributed by atoms with Crippen LogP contribution in [0.2, 0.25) is 5.02 Å². The van der Waals surface area contributed by atoms with Crippen molar-refractivity contribution in [1.82, 2.24) is 4.90 Å². The zero-order valence-corrected chi connectivity index (χ0v) is 14.3. The predicted octanol–water partition coefficient (Wildman–Crippen LogP) is 4.12. The Morgan fingerprint density at radius 1 is 1.45 bits per heavy atom. The summed E-state index contributed by atoms with van der Waals surface area (Å²) in [6.07, 6.45) is 4.34. The normalized spacial score (nSPS) is 15.4. The van der Waals surface area contributed by atoms with Crippen LogP contribution < -0.4 is 0 Å². The molecule has 1 aromatic carbocycles. The number of halogens is 1. The Kier molecular flexibility index (Phi) is 4.52. The standard InChI is InChI=1S/C17H18ClNO2S/c1-3-21-16(20)7-6-14-12-10-19(2)9-8-11-13(18)4-5-15(22-14)17(11)12/h4-7H,3,8-10H2,1-2H3. The molecule has 0 spiro atoms. The number of esters is 1. The van der Waals surface area contributed by atoms with Crippen LogP contribution >= 0.6 is 22.9 Å². The highest BCUT2D eigenvalue weighted by atomic mass is 35.5. The number of hydrogen-bond donors (Lipinski definition) is 0. The maximum absolute atomic E-state index is 11.6. The molecule has 1 aliphatic heterocycles. The Morgan fingerprint density at radius 3 is 3.05 bits per heavy atom. The second-order valence-electron chi connectivity index (χ2n) is 5.42. The van der Waals surface area contributed by atoms with Crippen LogP contribution in [0.1, 0.15) is 22.9 Å². The first kappa shape index (κ1) is 15.5. The van der Waals surface area contributed by atoms with E-state index in [2.05, 4.69) is 18.0 Å². The topological polar surface area (TPSA) is 29.5 Å². The van der Waals surface area contributed by atoms with Crippen molar-refractivity contribution in [3.05, 3.63) is 39.2 Å². The molecule has 5 heteroatoms. The highest BCUT2D eigenvalue weighted by Gasteiger charge is 2.20. The van der Waals surface area contributed by atoms with Crippen molar-refractivity contribution in [3.63, 3.8) is 0 Å². The molecule has 1 aliphatic rings. The third kappa shape index (κ3) is 2.91. The van der Waals surface area contributed by atoms with Gasteiger partial charge in [0.2, 0.25) is 0 Å². The van der Waals surface area contributed by atoms with Crippen molar-refractivity contribution in [2.45, 2.75) is 19.9 Å². The van der Waals surface area contributed by atoms with E-state index in [1.807, 2.05) is 19.1 Å². The zero-order valence-electron chi connectivity index (χ0n) is 12.7. The molecule has 0 saturated heterocycles. The van der Waals surface area contributed by atoms with Gasteiger partial charge in [-0.2, -0.15) is 0 Å². The van der Waals surface area contributed by atoms with Gasteiger partial charge in [0.25, 0.3) is 0 Å². The average molecular weight is 336 g/mol. The molecule has 1 aromatic heterocycles. The van der Waals surface area contributed by atoms with E-state index in [1.165, 1.54) is 27.3 Å². The van der Waals surface area contributed by atoms with Crippen LogP contribution in [0.25, 0.3) is 16.2 Å². The highest BCUT2D eigenvalue weighted by molar-refractivity contribution is 7.20. The van der Waals surface area contributed by atoms with E-state index >= 15 is 0 Å². The number of carbonyl (C=O) groups excluding carboxylic acids is 1. The molecule has 0 aliphatic carbocycles. The molecule has 0 atom stereocenters. The Bertz CT molecular complexity index is 751. The molecule has 0 amide bonds. The second kappa shape index (κ2) is 6.41. The van der Waals surface area contributed by atoms with Crippen LogP contribution in [0.3, 0.4) is 0 Å². The number of hydrogen-bond acceptors (Lipinski definition) is 4. The van der Waals surface area contributed by atoms with Crippen molar-refractivity contribution in [2.75, 3.05) is 20.2 Å². The van der Waals surface area contributed by atoms with E-state index < -0.39 is 0 Å². The molecular formula is C17H18ClNO2S. The minimum Gasteiger partial charge on any atom is -0.463 e. The second-order valence-corrected chi connectivity index (χ2v) is 6.91. The van der Waals surface area contributed by atoms with Crippen molar-refractivity contribution in [2.24, 2.45) is 0 Å². The molecule has 3 rings (SSSR count). The molecule has 0 radical (unpaired) electrons. The summed E-state index contributed by atoms with van der Waals surface area (Å²) < 4.78 is 6.19. The lowest BCUT2D eigenvalue weighted by Crippen LogP contribution is -2.18. The lowest BCUT2D eigenvalue weighted by molar-refractivity contribution is -0.137. The van der Waals surface area contributed by atoms with Gasteiger partial charge in [0, 0.05) is 39.2 Å². The molecule has 2 aromatic rings. The molecule has 2 heterocycles. The lowest BCUT2D eigenvalue weighted by Gasteiger charge is -2.13. The zero-order chi connectivity index (χ0) is 15.7. The SMILES string of the molecule is CCOC(=O)C=Cc1sc2ccc(Cl)c3c2c1CN(C)CC3. The minimum atomic E-state index is -0.299. The molecule has 0 bridgehead atoms. The first-order valence-electron chi connectivity index (χ1n) is 7.36.